The lowest BCUT2D eigenvalue weighted by Gasteiger charge is -2.36. The monoisotopic (exact) mass is 739 g/mol. The van der Waals surface area contributed by atoms with Crippen molar-refractivity contribution >= 4 is 20.2 Å². The third-order valence-corrected chi connectivity index (χ3v) is 10.2. The largest absolute Gasteiger partial charge is 0.497 e. The number of hydrogen-bond donors (Lipinski definition) is 0. The summed E-state index contributed by atoms with van der Waals surface area (Å²) in [5, 5.41) is 9.48. The van der Waals surface area contributed by atoms with Crippen molar-refractivity contribution in [1.82, 2.24) is 0 Å². The first-order chi connectivity index (χ1) is 24.8. The Balaban J connectivity index is 1.57. The Kier molecular flexibility index (Phi) is 8.75. The summed E-state index contributed by atoms with van der Waals surface area (Å²) in [4.78, 5) is 0. The minimum Gasteiger partial charge on any atom is -0.497 e. The Morgan fingerprint density at radius 2 is 1.04 bits per heavy atom. The van der Waals surface area contributed by atoms with Gasteiger partial charge in [0.1, 0.15) is 23.0 Å². The van der Waals surface area contributed by atoms with Crippen molar-refractivity contribution in [2.75, 3.05) is 26.7 Å². The molecule has 7 rings (SSSR count). The molecule has 11 nitrogen and oxygen atoms in total. The maximum absolute atomic E-state index is 13.4. The number of rotatable bonds is 10. The molecule has 0 saturated carbocycles. The molecule has 0 N–H and O–H groups in total. The molecular formula is C39H33NO10S2. The molecule has 0 spiro atoms. The van der Waals surface area contributed by atoms with E-state index in [9.17, 15) is 22.1 Å². The van der Waals surface area contributed by atoms with Crippen LogP contribution in [-0.2, 0) is 39.8 Å². The van der Waals surface area contributed by atoms with E-state index in [2.05, 4.69) is 6.07 Å². The average molecular weight is 740 g/mol. The lowest BCUT2D eigenvalue weighted by molar-refractivity contribution is 0.0164. The SMILES string of the molecule is COc1cc(OC)cc(C2Oc3cc4c(cc3C2(OS(C)(=O)=O)c2ccccc2)C(OS(C)(=O)=O)(c2ccccc2)C(c2ccc(C#N)cc2)O4)c1. The molecule has 0 aromatic heterocycles. The van der Waals surface area contributed by atoms with Crippen molar-refractivity contribution in [2.45, 2.75) is 23.4 Å². The van der Waals surface area contributed by atoms with Crippen LogP contribution in [0.2, 0.25) is 0 Å². The maximum atomic E-state index is 13.4. The Bertz CT molecular complexity index is 2390. The van der Waals surface area contributed by atoms with Gasteiger partial charge >= 0.3 is 0 Å². The van der Waals surface area contributed by atoms with Crippen molar-refractivity contribution in [3.8, 4) is 29.1 Å². The van der Waals surface area contributed by atoms with Crippen LogP contribution in [0.15, 0.2) is 115 Å². The second-order valence-corrected chi connectivity index (χ2v) is 15.6. The molecule has 13 heteroatoms. The van der Waals surface area contributed by atoms with Crippen molar-refractivity contribution in [3.05, 3.63) is 154 Å². The summed E-state index contributed by atoms with van der Waals surface area (Å²) in [6.07, 6.45) is -0.315. The van der Waals surface area contributed by atoms with E-state index < -0.39 is 43.6 Å². The molecule has 0 amide bonds. The van der Waals surface area contributed by atoms with Crippen molar-refractivity contribution in [2.24, 2.45) is 0 Å². The summed E-state index contributed by atoms with van der Waals surface area (Å²) < 4.78 is 90.2. The predicted octanol–water partition coefficient (Wildman–Crippen LogP) is 6.28. The maximum Gasteiger partial charge on any atom is 0.265 e. The van der Waals surface area contributed by atoms with Crippen molar-refractivity contribution in [3.63, 3.8) is 0 Å². The molecule has 5 aromatic carbocycles. The highest BCUT2D eigenvalue weighted by atomic mass is 32.2. The van der Waals surface area contributed by atoms with Crippen molar-refractivity contribution in [1.29, 1.82) is 5.26 Å². The lowest BCUT2D eigenvalue weighted by atomic mass is 9.76. The van der Waals surface area contributed by atoms with E-state index in [1.807, 2.05) is 0 Å². The fourth-order valence-electron chi connectivity index (χ4n) is 7.09. The zero-order chi connectivity index (χ0) is 36.9. The first kappa shape index (κ1) is 35.0. The van der Waals surface area contributed by atoms with E-state index >= 15 is 0 Å². The molecule has 0 fully saturated rings. The van der Waals surface area contributed by atoms with E-state index in [1.165, 1.54) is 14.2 Å². The summed E-state index contributed by atoms with van der Waals surface area (Å²) >= 11 is 0. The molecule has 2 aliphatic rings. The van der Waals surface area contributed by atoms with Crippen LogP contribution in [0.1, 0.15) is 51.2 Å². The van der Waals surface area contributed by atoms with Gasteiger partial charge in [-0.2, -0.15) is 22.1 Å². The molecule has 0 bridgehead atoms. The molecule has 0 saturated heterocycles. The summed E-state index contributed by atoms with van der Waals surface area (Å²) in [7, 11) is -5.47. The van der Waals surface area contributed by atoms with Crippen LogP contribution in [0.3, 0.4) is 0 Å². The standard InChI is InChI=1S/C39H33NO10S2/c1-45-30-19-27(20-31(21-30)46-2)37-39(50-52(4,43)44,29-13-9-6-10-14-29)33-22-32-34(23-35(33)48-37)47-36(26-17-15-25(24-40)16-18-26)38(32,49-51(3,41)42)28-11-7-5-8-12-28/h5-23,36-37H,1-4H3. The lowest BCUT2D eigenvalue weighted by Crippen LogP contribution is -2.39. The van der Waals surface area contributed by atoms with E-state index in [0.717, 1.165) is 12.5 Å². The molecule has 266 valence electrons. The van der Waals surface area contributed by atoms with Crippen LogP contribution >= 0.6 is 0 Å². The van der Waals surface area contributed by atoms with Crippen molar-refractivity contribution < 1.29 is 44.1 Å². The normalized spacial score (nSPS) is 22.0. The highest BCUT2D eigenvalue weighted by Crippen LogP contribution is 2.62. The van der Waals surface area contributed by atoms with Gasteiger partial charge in [0.05, 0.1) is 38.4 Å². The number of nitriles is 1. The number of benzene rings is 5. The fourth-order valence-corrected chi connectivity index (χ4v) is 8.60. The van der Waals surface area contributed by atoms with Crippen LogP contribution in [0.4, 0.5) is 0 Å². The molecule has 0 radical (unpaired) electrons. The summed E-state index contributed by atoms with van der Waals surface area (Å²) in [6.45, 7) is 0. The number of methoxy groups -OCH3 is 2. The highest BCUT2D eigenvalue weighted by Gasteiger charge is 2.60. The second kappa shape index (κ2) is 13.0. The van der Waals surface area contributed by atoms with Gasteiger partial charge in [0, 0.05) is 28.8 Å². The number of nitrogens with zero attached hydrogens (tertiary/aromatic N) is 1. The minimum absolute atomic E-state index is 0.222. The smallest absolute Gasteiger partial charge is 0.265 e. The van der Waals surface area contributed by atoms with Gasteiger partial charge in [-0.15, -0.1) is 0 Å². The number of fused-ring (bicyclic) bond motifs is 2. The molecule has 5 aromatic rings. The van der Waals surface area contributed by atoms with Gasteiger partial charge in [0.2, 0.25) is 0 Å². The van der Waals surface area contributed by atoms with Gasteiger partial charge in [-0.05, 0) is 47.0 Å². The molecule has 52 heavy (non-hydrogen) atoms. The Morgan fingerprint density at radius 3 is 1.44 bits per heavy atom. The van der Waals surface area contributed by atoms with E-state index in [-0.39, 0.29) is 22.6 Å². The van der Waals surface area contributed by atoms with Crippen LogP contribution in [0, 0.1) is 11.3 Å². The first-order valence-electron chi connectivity index (χ1n) is 16.0. The minimum atomic E-state index is -4.24. The molecular weight excluding hydrogens is 707 g/mol. The number of hydrogen-bond acceptors (Lipinski definition) is 11. The molecule has 4 atom stereocenters. The summed E-state index contributed by atoms with van der Waals surface area (Å²) in [6, 6.07) is 34.5. The first-order valence-corrected chi connectivity index (χ1v) is 19.6. The molecule has 2 aliphatic heterocycles. The average Bonchev–Trinajstić information content (AvgIpc) is 3.62. The van der Waals surface area contributed by atoms with Crippen LogP contribution < -0.4 is 18.9 Å². The highest BCUT2D eigenvalue weighted by molar-refractivity contribution is 7.86. The van der Waals surface area contributed by atoms with Gasteiger partial charge in [-0.1, -0.05) is 72.8 Å². The van der Waals surface area contributed by atoms with Crippen LogP contribution in [-0.4, -0.2) is 43.6 Å². The van der Waals surface area contributed by atoms with Gasteiger partial charge in [0.15, 0.2) is 23.4 Å². The third kappa shape index (κ3) is 6.03. The van der Waals surface area contributed by atoms with Gasteiger partial charge < -0.3 is 18.9 Å². The van der Waals surface area contributed by atoms with E-state index in [1.54, 1.807) is 115 Å². The molecule has 0 aliphatic carbocycles. The third-order valence-electron chi connectivity index (χ3n) is 9.10. The zero-order valence-electron chi connectivity index (χ0n) is 28.5. The van der Waals surface area contributed by atoms with Gasteiger partial charge in [-0.25, -0.2) is 8.37 Å². The predicted molar refractivity (Wildman–Crippen MR) is 190 cm³/mol. The fraction of sp³-hybridized carbons (Fsp3) is 0.205. The Hall–Kier alpha value is -5.39. The zero-order valence-corrected chi connectivity index (χ0v) is 30.1. The Morgan fingerprint density at radius 1 is 0.596 bits per heavy atom. The van der Waals surface area contributed by atoms with Gasteiger partial charge in [0.25, 0.3) is 20.2 Å². The topological polar surface area (TPSA) is 147 Å². The summed E-state index contributed by atoms with van der Waals surface area (Å²) in [5.41, 5.74) is -0.886. The second-order valence-electron chi connectivity index (χ2n) is 12.5. The quantitative estimate of drug-likeness (QED) is 0.149. The Labute approximate surface area is 302 Å². The van der Waals surface area contributed by atoms with E-state index in [0.29, 0.717) is 39.3 Å². The van der Waals surface area contributed by atoms with Gasteiger partial charge in [-0.3, -0.25) is 0 Å². The molecule has 2 heterocycles. The van der Waals surface area contributed by atoms with Crippen LogP contribution in [0.25, 0.3) is 0 Å². The number of ether oxygens (including phenoxy) is 4. The summed E-state index contributed by atoms with van der Waals surface area (Å²) in [5.74, 6) is 1.30. The van der Waals surface area contributed by atoms with E-state index in [4.69, 9.17) is 27.3 Å². The van der Waals surface area contributed by atoms with Crippen LogP contribution in [0.5, 0.6) is 23.0 Å². The molecule has 4 unspecified atom stereocenters.